The fourth-order valence-corrected chi connectivity index (χ4v) is 1.33. The van der Waals surface area contributed by atoms with Crippen molar-refractivity contribution in [2.45, 2.75) is 0 Å². The van der Waals surface area contributed by atoms with E-state index in [-0.39, 0.29) is 0 Å². The Labute approximate surface area is 112 Å². The second-order valence-corrected chi connectivity index (χ2v) is 3.49. The first kappa shape index (κ1) is 14.6. The predicted molar refractivity (Wildman–Crippen MR) is 73.2 cm³/mol. The van der Waals surface area contributed by atoms with Gasteiger partial charge in [0.25, 0.3) is 0 Å². The topological polar surface area (TPSA) is 44.8 Å². The lowest BCUT2D eigenvalue weighted by Gasteiger charge is -2.09. The van der Waals surface area contributed by atoms with Gasteiger partial charge < -0.3 is 14.2 Å². The third-order valence-corrected chi connectivity index (χ3v) is 2.27. The molecule has 0 aliphatic carbocycles. The maximum absolute atomic E-state index is 11.0. The monoisotopic (exact) mass is 260 g/mol. The molecule has 0 aliphatic rings. The number of hydrogen-bond donors (Lipinski definition) is 0. The molecule has 0 radical (unpaired) electrons. The lowest BCUT2D eigenvalue weighted by Crippen LogP contribution is -1.97. The zero-order valence-electron chi connectivity index (χ0n) is 11.0. The molecule has 0 amide bonds. The highest BCUT2D eigenvalue weighted by molar-refractivity contribution is 5.87. The van der Waals surface area contributed by atoms with E-state index in [2.05, 4.69) is 17.0 Å². The minimum absolute atomic E-state index is 0.372. The third kappa shape index (κ3) is 4.74. The van der Waals surface area contributed by atoms with Crippen LogP contribution in [0.1, 0.15) is 5.56 Å². The standard InChI is InChI=1S/C15H16O4/c1-4-5-10-19-13-8-6-12(11-14(13)17-2)7-9-15(16)18-3/h5-9,11H,1,10H2,2-3H3. The summed E-state index contributed by atoms with van der Waals surface area (Å²) in [7, 11) is 2.89. The zero-order valence-corrected chi connectivity index (χ0v) is 11.0. The van der Waals surface area contributed by atoms with Crippen LogP contribution in [-0.4, -0.2) is 26.8 Å². The van der Waals surface area contributed by atoms with Crippen LogP contribution in [0, 0.1) is 0 Å². The molecule has 1 rings (SSSR count). The number of hydrogen-bond acceptors (Lipinski definition) is 4. The molecule has 0 saturated heterocycles. The molecule has 0 N–H and O–H groups in total. The molecule has 100 valence electrons. The number of carbonyl (C=O) groups excluding carboxylic acids is 1. The van der Waals surface area contributed by atoms with Gasteiger partial charge >= 0.3 is 5.97 Å². The summed E-state index contributed by atoms with van der Waals surface area (Å²) in [6.07, 6.45) is 4.65. The Kier molecular flexibility index (Phi) is 5.99. The van der Waals surface area contributed by atoms with Gasteiger partial charge in [-0.05, 0) is 29.8 Å². The molecule has 0 aliphatic heterocycles. The normalized spacial score (nSPS) is 9.79. The number of carbonyl (C=O) groups is 1. The quantitative estimate of drug-likeness (QED) is 0.448. The van der Waals surface area contributed by atoms with Crippen LogP contribution in [0.4, 0.5) is 0 Å². The molecule has 1 aromatic rings. The van der Waals surface area contributed by atoms with Gasteiger partial charge in [-0.2, -0.15) is 0 Å². The van der Waals surface area contributed by atoms with Crippen molar-refractivity contribution in [3.8, 4) is 11.5 Å². The molecular formula is C15H16O4. The van der Waals surface area contributed by atoms with Crippen molar-refractivity contribution in [1.82, 2.24) is 0 Å². The van der Waals surface area contributed by atoms with Crippen LogP contribution in [0.5, 0.6) is 11.5 Å². The molecule has 19 heavy (non-hydrogen) atoms. The molecular weight excluding hydrogens is 244 g/mol. The van der Waals surface area contributed by atoms with Gasteiger partial charge in [0, 0.05) is 6.08 Å². The number of rotatable bonds is 6. The van der Waals surface area contributed by atoms with Crippen LogP contribution in [0.3, 0.4) is 0 Å². The van der Waals surface area contributed by atoms with Gasteiger partial charge in [-0.15, -0.1) is 5.73 Å². The van der Waals surface area contributed by atoms with Gasteiger partial charge in [-0.3, -0.25) is 0 Å². The first-order valence-electron chi connectivity index (χ1n) is 5.62. The molecule has 0 aromatic heterocycles. The lowest BCUT2D eigenvalue weighted by atomic mass is 10.2. The minimum atomic E-state index is -0.407. The Balaban J connectivity index is 2.85. The largest absolute Gasteiger partial charge is 0.493 e. The first-order chi connectivity index (χ1) is 9.21. The van der Waals surface area contributed by atoms with E-state index >= 15 is 0 Å². The minimum Gasteiger partial charge on any atom is -0.493 e. The van der Waals surface area contributed by atoms with Crippen molar-refractivity contribution >= 4 is 12.0 Å². The number of benzene rings is 1. The Morgan fingerprint density at radius 3 is 2.79 bits per heavy atom. The zero-order chi connectivity index (χ0) is 14.1. The van der Waals surface area contributed by atoms with Crippen molar-refractivity contribution in [2.24, 2.45) is 0 Å². The van der Waals surface area contributed by atoms with Gasteiger partial charge in [0.2, 0.25) is 0 Å². The number of methoxy groups -OCH3 is 2. The molecule has 0 fully saturated rings. The van der Waals surface area contributed by atoms with Crippen LogP contribution in [0.15, 0.2) is 42.7 Å². The smallest absolute Gasteiger partial charge is 0.330 e. The van der Waals surface area contributed by atoms with E-state index in [1.54, 1.807) is 31.4 Å². The number of esters is 1. The summed E-state index contributed by atoms with van der Waals surface area (Å²) in [5.74, 6) is 0.795. The molecule has 0 bridgehead atoms. The van der Waals surface area contributed by atoms with Crippen molar-refractivity contribution in [2.75, 3.05) is 20.8 Å². The second kappa shape index (κ2) is 7.80. The molecule has 0 spiro atoms. The van der Waals surface area contributed by atoms with Crippen molar-refractivity contribution in [3.63, 3.8) is 0 Å². The molecule has 4 heteroatoms. The van der Waals surface area contributed by atoms with E-state index in [9.17, 15) is 4.79 Å². The van der Waals surface area contributed by atoms with E-state index in [0.29, 0.717) is 18.1 Å². The molecule has 4 nitrogen and oxygen atoms in total. The summed E-state index contributed by atoms with van der Waals surface area (Å²) in [6, 6.07) is 5.36. The Morgan fingerprint density at radius 2 is 2.16 bits per heavy atom. The highest BCUT2D eigenvalue weighted by Crippen LogP contribution is 2.28. The summed E-state index contributed by atoms with van der Waals surface area (Å²) >= 11 is 0. The van der Waals surface area contributed by atoms with Gasteiger partial charge in [-0.25, -0.2) is 4.79 Å². The van der Waals surface area contributed by atoms with Crippen LogP contribution < -0.4 is 9.47 Å². The summed E-state index contributed by atoms with van der Waals surface area (Å²) in [6.45, 7) is 3.82. The molecule has 0 saturated carbocycles. The van der Waals surface area contributed by atoms with Gasteiger partial charge in [0.1, 0.15) is 6.61 Å². The van der Waals surface area contributed by atoms with E-state index in [4.69, 9.17) is 9.47 Å². The second-order valence-electron chi connectivity index (χ2n) is 3.49. The van der Waals surface area contributed by atoms with Gasteiger partial charge in [0.05, 0.1) is 14.2 Å². The van der Waals surface area contributed by atoms with Gasteiger partial charge in [-0.1, -0.05) is 12.6 Å². The third-order valence-electron chi connectivity index (χ3n) is 2.27. The van der Waals surface area contributed by atoms with Crippen LogP contribution in [0.25, 0.3) is 6.08 Å². The first-order valence-corrected chi connectivity index (χ1v) is 5.62. The van der Waals surface area contributed by atoms with Crippen LogP contribution in [-0.2, 0) is 9.53 Å². The fourth-order valence-electron chi connectivity index (χ4n) is 1.33. The molecule has 0 atom stereocenters. The Morgan fingerprint density at radius 1 is 1.37 bits per heavy atom. The van der Waals surface area contributed by atoms with Gasteiger partial charge in [0.15, 0.2) is 11.5 Å². The lowest BCUT2D eigenvalue weighted by molar-refractivity contribution is -0.134. The molecule has 0 unspecified atom stereocenters. The van der Waals surface area contributed by atoms with E-state index in [0.717, 1.165) is 5.56 Å². The Hall–Kier alpha value is -2.45. The average Bonchev–Trinajstić information content (AvgIpc) is 2.45. The van der Waals surface area contributed by atoms with Crippen molar-refractivity contribution in [1.29, 1.82) is 0 Å². The summed E-state index contributed by atoms with van der Waals surface area (Å²) < 4.78 is 15.2. The van der Waals surface area contributed by atoms with Crippen molar-refractivity contribution in [3.05, 3.63) is 48.2 Å². The predicted octanol–water partition coefficient (Wildman–Crippen LogP) is 2.60. The number of ether oxygens (including phenoxy) is 3. The fraction of sp³-hybridized carbons (Fsp3) is 0.200. The summed E-state index contributed by atoms with van der Waals surface area (Å²) in [4.78, 5) is 11.0. The highest BCUT2D eigenvalue weighted by Gasteiger charge is 2.04. The maximum atomic E-state index is 11.0. The summed E-state index contributed by atoms with van der Waals surface area (Å²) in [5.41, 5.74) is 3.44. The highest BCUT2D eigenvalue weighted by atomic mass is 16.5. The van der Waals surface area contributed by atoms with E-state index in [1.807, 2.05) is 6.07 Å². The molecule has 0 heterocycles. The van der Waals surface area contributed by atoms with Crippen molar-refractivity contribution < 1.29 is 19.0 Å². The van der Waals surface area contributed by atoms with E-state index in [1.165, 1.54) is 13.2 Å². The van der Waals surface area contributed by atoms with E-state index < -0.39 is 5.97 Å². The maximum Gasteiger partial charge on any atom is 0.330 e. The average molecular weight is 260 g/mol. The summed E-state index contributed by atoms with van der Waals surface area (Å²) in [5, 5.41) is 0. The molecule has 1 aromatic carbocycles. The van der Waals surface area contributed by atoms with Crippen LogP contribution >= 0.6 is 0 Å². The SMILES string of the molecule is C=C=CCOc1ccc(C=CC(=O)OC)cc1OC. The van der Waals surface area contributed by atoms with Crippen LogP contribution in [0.2, 0.25) is 0 Å². The Bertz CT molecular complexity index is 511.